The number of ether oxygens (including phenoxy) is 2. The number of alkyl carbamates (subject to hydrolysis) is 1. The number of carbonyl (C=O) groups excluding carboxylic acids is 2. The Hall–Kier alpha value is -3.02. The lowest BCUT2D eigenvalue weighted by Crippen LogP contribution is -2.33. The van der Waals surface area contributed by atoms with E-state index in [9.17, 15) is 9.59 Å². The van der Waals surface area contributed by atoms with Crippen molar-refractivity contribution in [3.05, 3.63) is 65.7 Å². The molecule has 1 aromatic heterocycles. The standard InChI is InChI=1S/C19H21NO5/c1-19(2,3)25-17(21)16(12-15-10-7-11-23-15)20-18(22)24-13-14-8-5-4-6-9-14/h4-12H,13H2,1-3H3,(H,20,22)/b16-12-. The molecule has 0 saturated heterocycles. The van der Waals surface area contributed by atoms with E-state index in [0.717, 1.165) is 5.56 Å². The minimum absolute atomic E-state index is 0.0667. The van der Waals surface area contributed by atoms with Crippen LogP contribution in [0.15, 0.2) is 58.8 Å². The molecule has 0 fully saturated rings. The third-order valence-corrected chi connectivity index (χ3v) is 2.90. The summed E-state index contributed by atoms with van der Waals surface area (Å²) in [7, 11) is 0. The topological polar surface area (TPSA) is 77.8 Å². The van der Waals surface area contributed by atoms with E-state index in [-0.39, 0.29) is 12.3 Å². The molecule has 25 heavy (non-hydrogen) atoms. The van der Waals surface area contributed by atoms with Gasteiger partial charge in [0.15, 0.2) is 0 Å². The van der Waals surface area contributed by atoms with Crippen molar-refractivity contribution in [2.75, 3.05) is 0 Å². The van der Waals surface area contributed by atoms with Crippen LogP contribution in [0.25, 0.3) is 6.08 Å². The molecule has 0 unspecified atom stereocenters. The molecule has 1 aromatic carbocycles. The second-order valence-electron chi connectivity index (χ2n) is 6.26. The van der Waals surface area contributed by atoms with E-state index in [1.165, 1.54) is 12.3 Å². The van der Waals surface area contributed by atoms with Crippen LogP contribution in [0, 0.1) is 0 Å². The van der Waals surface area contributed by atoms with Gasteiger partial charge >= 0.3 is 12.1 Å². The average molecular weight is 343 g/mol. The average Bonchev–Trinajstić information content (AvgIpc) is 3.05. The van der Waals surface area contributed by atoms with Crippen molar-refractivity contribution in [1.29, 1.82) is 0 Å². The Bertz CT molecular complexity index is 727. The second-order valence-corrected chi connectivity index (χ2v) is 6.26. The molecule has 0 aliphatic rings. The zero-order valence-corrected chi connectivity index (χ0v) is 14.4. The number of esters is 1. The first-order chi connectivity index (χ1) is 11.8. The molecule has 0 aliphatic carbocycles. The molecule has 1 heterocycles. The van der Waals surface area contributed by atoms with Crippen LogP contribution in [-0.4, -0.2) is 17.7 Å². The number of nitrogens with one attached hydrogen (secondary N) is 1. The zero-order valence-electron chi connectivity index (χ0n) is 14.4. The van der Waals surface area contributed by atoms with Gasteiger partial charge in [-0.15, -0.1) is 0 Å². The molecule has 0 radical (unpaired) electrons. The summed E-state index contributed by atoms with van der Waals surface area (Å²) >= 11 is 0. The van der Waals surface area contributed by atoms with E-state index in [1.54, 1.807) is 32.9 Å². The SMILES string of the molecule is CC(C)(C)OC(=O)/C(=C/c1ccco1)NC(=O)OCc1ccccc1. The number of furan rings is 1. The number of hydrogen-bond donors (Lipinski definition) is 1. The molecule has 132 valence electrons. The number of carbonyl (C=O) groups is 2. The Morgan fingerprint density at radius 1 is 1.12 bits per heavy atom. The third kappa shape index (κ3) is 6.55. The predicted octanol–water partition coefficient (Wildman–Crippen LogP) is 3.89. The Labute approximate surface area is 146 Å². The summed E-state index contributed by atoms with van der Waals surface area (Å²) in [4.78, 5) is 24.3. The maximum absolute atomic E-state index is 12.3. The number of rotatable bonds is 5. The van der Waals surface area contributed by atoms with Crippen LogP contribution in [0.3, 0.4) is 0 Å². The molecule has 6 heteroatoms. The summed E-state index contributed by atoms with van der Waals surface area (Å²) in [6, 6.07) is 12.6. The van der Waals surface area contributed by atoms with Gasteiger partial charge in [0.1, 0.15) is 23.7 Å². The Balaban J connectivity index is 2.05. The molecule has 0 atom stereocenters. The highest BCUT2D eigenvalue weighted by molar-refractivity contribution is 5.96. The van der Waals surface area contributed by atoms with Gasteiger partial charge in [-0.3, -0.25) is 5.32 Å². The molecule has 2 aromatic rings. The summed E-state index contributed by atoms with van der Waals surface area (Å²) in [6.45, 7) is 5.31. The lowest BCUT2D eigenvalue weighted by Gasteiger charge is -2.20. The van der Waals surface area contributed by atoms with Crippen molar-refractivity contribution in [3.63, 3.8) is 0 Å². The van der Waals surface area contributed by atoms with Crippen LogP contribution in [0.5, 0.6) is 0 Å². The van der Waals surface area contributed by atoms with Crippen molar-refractivity contribution < 1.29 is 23.5 Å². The first-order valence-corrected chi connectivity index (χ1v) is 7.80. The molecule has 0 aliphatic heterocycles. The predicted molar refractivity (Wildman–Crippen MR) is 92.3 cm³/mol. The fourth-order valence-electron chi connectivity index (χ4n) is 1.86. The summed E-state index contributed by atoms with van der Waals surface area (Å²) < 4.78 is 15.6. The van der Waals surface area contributed by atoms with Crippen LogP contribution in [0.4, 0.5) is 4.79 Å². The third-order valence-electron chi connectivity index (χ3n) is 2.90. The highest BCUT2D eigenvalue weighted by Gasteiger charge is 2.22. The summed E-state index contributed by atoms with van der Waals surface area (Å²) in [5, 5.41) is 2.41. The van der Waals surface area contributed by atoms with Gasteiger partial charge in [0, 0.05) is 6.08 Å². The molecular weight excluding hydrogens is 322 g/mol. The second kappa shape index (κ2) is 8.19. The molecular formula is C19H21NO5. The number of amides is 1. The molecule has 2 rings (SSSR count). The van der Waals surface area contributed by atoms with Crippen LogP contribution in [-0.2, 0) is 20.9 Å². The normalized spacial score (nSPS) is 11.7. The molecule has 0 saturated carbocycles. The smallest absolute Gasteiger partial charge is 0.412 e. The van der Waals surface area contributed by atoms with E-state index in [4.69, 9.17) is 13.9 Å². The molecule has 0 spiro atoms. The van der Waals surface area contributed by atoms with Crippen molar-refractivity contribution in [2.45, 2.75) is 33.0 Å². The van der Waals surface area contributed by atoms with Crippen molar-refractivity contribution in [1.82, 2.24) is 5.32 Å². The van der Waals surface area contributed by atoms with Crippen LogP contribution >= 0.6 is 0 Å². The fraction of sp³-hybridized carbons (Fsp3) is 0.263. The molecule has 1 amide bonds. The van der Waals surface area contributed by atoms with E-state index in [2.05, 4.69) is 5.32 Å². The summed E-state index contributed by atoms with van der Waals surface area (Å²) in [5.74, 6) is -0.273. The van der Waals surface area contributed by atoms with E-state index < -0.39 is 17.7 Å². The lowest BCUT2D eigenvalue weighted by atomic mass is 10.2. The monoisotopic (exact) mass is 343 g/mol. The van der Waals surface area contributed by atoms with Gasteiger partial charge < -0.3 is 13.9 Å². The summed E-state index contributed by atoms with van der Waals surface area (Å²) in [6.07, 6.45) is 2.09. The van der Waals surface area contributed by atoms with Gasteiger partial charge in [-0.2, -0.15) is 0 Å². The first kappa shape index (κ1) is 18.3. The van der Waals surface area contributed by atoms with Gasteiger partial charge in [-0.05, 0) is 38.5 Å². The molecule has 1 N–H and O–H groups in total. The zero-order chi connectivity index (χ0) is 18.3. The first-order valence-electron chi connectivity index (χ1n) is 7.80. The maximum Gasteiger partial charge on any atom is 0.412 e. The minimum Gasteiger partial charge on any atom is -0.465 e. The van der Waals surface area contributed by atoms with Gasteiger partial charge in [0.2, 0.25) is 0 Å². The van der Waals surface area contributed by atoms with E-state index in [1.807, 2.05) is 30.3 Å². The largest absolute Gasteiger partial charge is 0.465 e. The Morgan fingerprint density at radius 2 is 1.84 bits per heavy atom. The van der Waals surface area contributed by atoms with E-state index in [0.29, 0.717) is 5.76 Å². The van der Waals surface area contributed by atoms with E-state index >= 15 is 0 Å². The van der Waals surface area contributed by atoms with Crippen molar-refractivity contribution in [3.8, 4) is 0 Å². The highest BCUT2D eigenvalue weighted by atomic mass is 16.6. The van der Waals surface area contributed by atoms with Crippen molar-refractivity contribution >= 4 is 18.1 Å². The van der Waals surface area contributed by atoms with Gasteiger partial charge in [0.25, 0.3) is 0 Å². The summed E-state index contributed by atoms with van der Waals surface area (Å²) in [5.41, 5.74) is 0.0732. The van der Waals surface area contributed by atoms with Gasteiger partial charge in [0.05, 0.1) is 6.26 Å². The maximum atomic E-state index is 12.3. The van der Waals surface area contributed by atoms with Gasteiger partial charge in [-0.1, -0.05) is 30.3 Å². The van der Waals surface area contributed by atoms with Crippen molar-refractivity contribution in [2.24, 2.45) is 0 Å². The Morgan fingerprint density at radius 3 is 2.44 bits per heavy atom. The molecule has 0 bridgehead atoms. The Kier molecular flexibility index (Phi) is 6.00. The minimum atomic E-state index is -0.757. The lowest BCUT2D eigenvalue weighted by molar-refractivity contribution is -0.150. The van der Waals surface area contributed by atoms with Gasteiger partial charge in [-0.25, -0.2) is 9.59 Å². The molecule has 6 nitrogen and oxygen atoms in total. The van der Waals surface area contributed by atoms with Crippen LogP contribution in [0.2, 0.25) is 0 Å². The van der Waals surface area contributed by atoms with Crippen LogP contribution in [0.1, 0.15) is 32.1 Å². The quantitative estimate of drug-likeness (QED) is 0.658. The number of hydrogen-bond acceptors (Lipinski definition) is 5. The fourth-order valence-corrected chi connectivity index (χ4v) is 1.86. The highest BCUT2D eigenvalue weighted by Crippen LogP contribution is 2.13. The number of benzene rings is 1. The van der Waals surface area contributed by atoms with Crippen LogP contribution < -0.4 is 5.32 Å².